The van der Waals surface area contributed by atoms with Crippen molar-refractivity contribution in [2.75, 3.05) is 18.8 Å². The van der Waals surface area contributed by atoms with Gasteiger partial charge in [-0.05, 0) is 19.4 Å². The lowest BCUT2D eigenvalue weighted by Crippen LogP contribution is -2.48. The van der Waals surface area contributed by atoms with E-state index in [-0.39, 0.29) is 0 Å². The highest BCUT2D eigenvalue weighted by Gasteiger charge is 2.30. The Bertz CT molecular complexity index is 377. The Balaban J connectivity index is 2.19. The van der Waals surface area contributed by atoms with Gasteiger partial charge in [-0.1, -0.05) is 36.8 Å². The van der Waals surface area contributed by atoms with E-state index in [1.165, 1.54) is 16.9 Å². The molecule has 1 aliphatic rings. The van der Waals surface area contributed by atoms with Gasteiger partial charge in [0.15, 0.2) is 0 Å². The lowest BCUT2D eigenvalue weighted by molar-refractivity contribution is 0.150. The van der Waals surface area contributed by atoms with E-state index in [1.807, 2.05) is 0 Å². The Morgan fingerprint density at radius 2 is 2.00 bits per heavy atom. The lowest BCUT2D eigenvalue weighted by Gasteiger charge is -2.42. The maximum atomic E-state index is 6.03. The number of rotatable bonds is 3. The first-order chi connectivity index (χ1) is 8.63. The van der Waals surface area contributed by atoms with Gasteiger partial charge in [-0.3, -0.25) is 4.90 Å². The van der Waals surface area contributed by atoms with E-state index >= 15 is 0 Å². The van der Waals surface area contributed by atoms with Gasteiger partial charge in [-0.2, -0.15) is 11.8 Å². The molecule has 3 atom stereocenters. The van der Waals surface area contributed by atoms with Crippen molar-refractivity contribution < 1.29 is 0 Å². The van der Waals surface area contributed by atoms with Crippen molar-refractivity contribution in [1.29, 1.82) is 0 Å². The van der Waals surface area contributed by atoms with Crippen LogP contribution in [0.15, 0.2) is 24.3 Å². The minimum absolute atomic E-state index is 0.365. The van der Waals surface area contributed by atoms with Crippen LogP contribution in [0.25, 0.3) is 0 Å². The molecule has 18 heavy (non-hydrogen) atoms. The largest absolute Gasteiger partial charge is 0.329 e. The molecule has 1 saturated heterocycles. The summed E-state index contributed by atoms with van der Waals surface area (Å²) in [5.41, 5.74) is 8.70. The predicted molar refractivity (Wildman–Crippen MR) is 81.1 cm³/mol. The summed E-state index contributed by atoms with van der Waals surface area (Å²) in [5.74, 6) is 1.22. The molecule has 2 N–H and O–H groups in total. The van der Waals surface area contributed by atoms with Gasteiger partial charge >= 0.3 is 0 Å². The van der Waals surface area contributed by atoms with Gasteiger partial charge in [0.05, 0.1) is 0 Å². The average Bonchev–Trinajstić information content (AvgIpc) is 2.37. The van der Waals surface area contributed by atoms with Crippen LogP contribution in [-0.4, -0.2) is 35.0 Å². The van der Waals surface area contributed by atoms with Crippen LogP contribution in [0.5, 0.6) is 0 Å². The zero-order valence-corrected chi connectivity index (χ0v) is 12.4. The highest BCUT2D eigenvalue weighted by molar-refractivity contribution is 8.00. The van der Waals surface area contributed by atoms with Gasteiger partial charge in [0, 0.05) is 36.2 Å². The van der Waals surface area contributed by atoms with E-state index in [2.05, 4.69) is 61.7 Å². The Morgan fingerprint density at radius 3 is 2.61 bits per heavy atom. The Morgan fingerprint density at radius 1 is 1.33 bits per heavy atom. The number of aryl methyl sites for hydroxylation is 1. The molecule has 0 aromatic heterocycles. The number of thioether (sulfide) groups is 1. The summed E-state index contributed by atoms with van der Waals surface area (Å²) in [6.07, 6.45) is 0. The Labute approximate surface area is 115 Å². The topological polar surface area (TPSA) is 29.3 Å². The molecule has 1 fully saturated rings. The molecule has 0 spiro atoms. The van der Waals surface area contributed by atoms with Gasteiger partial charge in [-0.25, -0.2) is 0 Å². The third-order valence-corrected chi connectivity index (χ3v) is 5.36. The third-order valence-electron chi connectivity index (χ3n) is 4.02. The van der Waals surface area contributed by atoms with Crippen LogP contribution in [0.4, 0.5) is 0 Å². The van der Waals surface area contributed by atoms with Gasteiger partial charge in [0.1, 0.15) is 0 Å². The second kappa shape index (κ2) is 6.09. The molecular weight excluding hydrogens is 240 g/mol. The smallest absolute Gasteiger partial charge is 0.0474 e. The molecule has 1 heterocycles. The maximum absolute atomic E-state index is 6.03. The van der Waals surface area contributed by atoms with E-state index in [9.17, 15) is 0 Å². The van der Waals surface area contributed by atoms with Crippen LogP contribution in [-0.2, 0) is 0 Å². The van der Waals surface area contributed by atoms with E-state index < -0.39 is 0 Å². The second-order valence-electron chi connectivity index (χ2n) is 5.22. The summed E-state index contributed by atoms with van der Waals surface area (Å²) in [7, 11) is 0. The third kappa shape index (κ3) is 2.90. The molecular formula is C15H24N2S. The first kappa shape index (κ1) is 13.9. The zero-order valence-electron chi connectivity index (χ0n) is 11.6. The van der Waals surface area contributed by atoms with Crippen molar-refractivity contribution in [1.82, 2.24) is 4.90 Å². The molecule has 0 saturated carbocycles. The fraction of sp³-hybridized carbons (Fsp3) is 0.600. The Hall–Kier alpha value is -0.510. The average molecular weight is 264 g/mol. The Kier molecular flexibility index (Phi) is 4.71. The monoisotopic (exact) mass is 264 g/mol. The zero-order chi connectivity index (χ0) is 13.1. The van der Waals surface area contributed by atoms with Crippen molar-refractivity contribution in [3.05, 3.63) is 35.4 Å². The van der Waals surface area contributed by atoms with Gasteiger partial charge in [-0.15, -0.1) is 0 Å². The highest BCUT2D eigenvalue weighted by Crippen LogP contribution is 2.31. The number of benzene rings is 1. The molecule has 0 aliphatic carbocycles. The van der Waals surface area contributed by atoms with Gasteiger partial charge in [0.2, 0.25) is 0 Å². The fourth-order valence-corrected chi connectivity index (χ4v) is 3.77. The molecule has 1 aliphatic heterocycles. The minimum atomic E-state index is 0.365. The number of nitrogens with zero attached hydrogens (tertiary/aromatic N) is 1. The molecule has 0 radical (unpaired) electrons. The van der Waals surface area contributed by atoms with Gasteiger partial charge in [0.25, 0.3) is 0 Å². The standard InChI is InChI=1S/C15H24N2S/c1-11-4-6-14(7-5-11)15(10-16)17-8-9-18-13(3)12(17)2/h4-7,12-13,15H,8-10,16H2,1-3H3. The molecule has 0 amide bonds. The molecule has 3 heteroatoms. The van der Waals surface area contributed by atoms with Crippen LogP contribution < -0.4 is 5.73 Å². The van der Waals surface area contributed by atoms with E-state index in [0.29, 0.717) is 23.9 Å². The van der Waals surface area contributed by atoms with Crippen LogP contribution in [0, 0.1) is 6.92 Å². The SMILES string of the molecule is Cc1ccc(C(CN)N2CCSC(C)C2C)cc1. The van der Waals surface area contributed by atoms with Crippen molar-refractivity contribution in [2.45, 2.75) is 38.1 Å². The molecule has 100 valence electrons. The summed E-state index contributed by atoms with van der Waals surface area (Å²) >= 11 is 2.07. The van der Waals surface area contributed by atoms with E-state index in [1.54, 1.807) is 0 Å². The van der Waals surface area contributed by atoms with Crippen LogP contribution >= 0.6 is 11.8 Å². The molecule has 1 aromatic rings. The summed E-state index contributed by atoms with van der Waals surface area (Å²) in [6, 6.07) is 9.79. The van der Waals surface area contributed by atoms with Gasteiger partial charge < -0.3 is 5.73 Å². The first-order valence-corrected chi connectivity index (χ1v) is 7.82. The highest BCUT2D eigenvalue weighted by atomic mass is 32.2. The number of hydrogen-bond donors (Lipinski definition) is 1. The summed E-state index contributed by atoms with van der Waals surface area (Å²) < 4.78 is 0. The minimum Gasteiger partial charge on any atom is -0.329 e. The second-order valence-corrected chi connectivity index (χ2v) is 6.70. The molecule has 2 rings (SSSR count). The van der Waals surface area contributed by atoms with Crippen molar-refractivity contribution in [3.63, 3.8) is 0 Å². The van der Waals surface area contributed by atoms with Crippen molar-refractivity contribution in [3.8, 4) is 0 Å². The molecule has 0 bridgehead atoms. The number of hydrogen-bond acceptors (Lipinski definition) is 3. The first-order valence-electron chi connectivity index (χ1n) is 6.77. The summed E-state index contributed by atoms with van der Waals surface area (Å²) in [4.78, 5) is 2.58. The quantitative estimate of drug-likeness (QED) is 0.910. The molecule has 3 unspecified atom stereocenters. The number of nitrogens with two attached hydrogens (primary N) is 1. The molecule has 1 aromatic carbocycles. The normalized spacial score (nSPS) is 27.1. The van der Waals surface area contributed by atoms with Crippen LogP contribution in [0.1, 0.15) is 31.0 Å². The molecule has 2 nitrogen and oxygen atoms in total. The van der Waals surface area contributed by atoms with Crippen molar-refractivity contribution >= 4 is 11.8 Å². The fourth-order valence-electron chi connectivity index (χ4n) is 2.65. The van der Waals surface area contributed by atoms with E-state index in [4.69, 9.17) is 5.73 Å². The summed E-state index contributed by atoms with van der Waals surface area (Å²) in [6.45, 7) is 8.62. The van der Waals surface area contributed by atoms with Crippen LogP contribution in [0.2, 0.25) is 0 Å². The van der Waals surface area contributed by atoms with Crippen LogP contribution in [0.3, 0.4) is 0 Å². The predicted octanol–water partition coefficient (Wildman–Crippen LogP) is 2.82. The lowest BCUT2D eigenvalue weighted by atomic mass is 10.0. The summed E-state index contributed by atoms with van der Waals surface area (Å²) in [5, 5.41) is 0.693. The maximum Gasteiger partial charge on any atom is 0.0474 e. The van der Waals surface area contributed by atoms with Crippen molar-refractivity contribution in [2.24, 2.45) is 5.73 Å². The van der Waals surface area contributed by atoms with E-state index in [0.717, 1.165) is 6.54 Å².